The third kappa shape index (κ3) is 3.52. The Morgan fingerprint density at radius 1 is 1.08 bits per heavy atom. The SMILES string of the molecule is CCC(C)(C)N(COC)COC. The minimum atomic E-state index is 0.145. The van der Waals surface area contributed by atoms with Gasteiger partial charge in [-0.25, -0.2) is 0 Å². The Labute approximate surface area is 75.6 Å². The van der Waals surface area contributed by atoms with E-state index in [9.17, 15) is 0 Å². The molecule has 0 aliphatic carbocycles. The zero-order valence-electron chi connectivity index (χ0n) is 8.89. The van der Waals surface area contributed by atoms with E-state index in [1.54, 1.807) is 14.2 Å². The maximum atomic E-state index is 5.09. The standard InChI is InChI=1S/C9H21NO2/c1-6-9(2,3)10(7-11-4)8-12-5/h6-8H2,1-5H3. The Morgan fingerprint density at radius 3 is 1.75 bits per heavy atom. The Kier molecular flexibility index (Phi) is 5.46. The minimum absolute atomic E-state index is 0.145. The van der Waals surface area contributed by atoms with Crippen LogP contribution in [0.3, 0.4) is 0 Å². The third-order valence-electron chi connectivity index (χ3n) is 2.29. The second-order valence-corrected chi connectivity index (χ2v) is 3.54. The van der Waals surface area contributed by atoms with E-state index < -0.39 is 0 Å². The van der Waals surface area contributed by atoms with Gasteiger partial charge in [0, 0.05) is 19.8 Å². The summed E-state index contributed by atoms with van der Waals surface area (Å²) in [6.45, 7) is 7.78. The van der Waals surface area contributed by atoms with Gasteiger partial charge in [0.2, 0.25) is 0 Å². The predicted molar refractivity (Wildman–Crippen MR) is 50.0 cm³/mol. The van der Waals surface area contributed by atoms with Gasteiger partial charge in [0.25, 0.3) is 0 Å². The summed E-state index contributed by atoms with van der Waals surface area (Å²) in [5, 5.41) is 0. The lowest BCUT2D eigenvalue weighted by atomic mass is 10.0. The van der Waals surface area contributed by atoms with E-state index in [0.29, 0.717) is 13.5 Å². The van der Waals surface area contributed by atoms with E-state index in [0.717, 1.165) is 6.42 Å². The summed E-state index contributed by atoms with van der Waals surface area (Å²) < 4.78 is 10.2. The molecule has 0 saturated carbocycles. The zero-order chi connectivity index (χ0) is 9.61. The van der Waals surface area contributed by atoms with Crippen LogP contribution in [0.5, 0.6) is 0 Å². The van der Waals surface area contributed by atoms with Gasteiger partial charge >= 0.3 is 0 Å². The first-order valence-electron chi connectivity index (χ1n) is 4.31. The first-order valence-corrected chi connectivity index (χ1v) is 4.31. The Bertz CT molecular complexity index is 109. The number of ether oxygens (including phenoxy) is 2. The molecule has 3 nitrogen and oxygen atoms in total. The molecule has 0 spiro atoms. The predicted octanol–water partition coefficient (Wildman–Crippen LogP) is 1.68. The van der Waals surface area contributed by atoms with Gasteiger partial charge in [-0.2, -0.15) is 0 Å². The fraction of sp³-hybridized carbons (Fsp3) is 1.00. The molecule has 0 atom stereocenters. The quantitative estimate of drug-likeness (QED) is 0.573. The molecule has 0 aromatic heterocycles. The van der Waals surface area contributed by atoms with E-state index >= 15 is 0 Å². The number of methoxy groups -OCH3 is 2. The number of nitrogens with zero attached hydrogens (tertiary/aromatic N) is 1. The topological polar surface area (TPSA) is 21.7 Å². The van der Waals surface area contributed by atoms with Crippen molar-refractivity contribution in [3.63, 3.8) is 0 Å². The van der Waals surface area contributed by atoms with Crippen LogP contribution < -0.4 is 0 Å². The summed E-state index contributed by atoms with van der Waals surface area (Å²) in [7, 11) is 3.41. The van der Waals surface area contributed by atoms with E-state index in [-0.39, 0.29) is 5.54 Å². The van der Waals surface area contributed by atoms with Gasteiger partial charge in [-0.15, -0.1) is 0 Å². The van der Waals surface area contributed by atoms with Gasteiger partial charge in [0.15, 0.2) is 0 Å². The monoisotopic (exact) mass is 175 g/mol. The van der Waals surface area contributed by atoms with Gasteiger partial charge in [0.05, 0.1) is 0 Å². The summed E-state index contributed by atoms with van der Waals surface area (Å²) in [6.07, 6.45) is 1.08. The van der Waals surface area contributed by atoms with E-state index in [1.165, 1.54) is 0 Å². The molecule has 0 N–H and O–H groups in total. The highest BCUT2D eigenvalue weighted by atomic mass is 16.5. The van der Waals surface area contributed by atoms with Crippen LogP contribution in [0.25, 0.3) is 0 Å². The summed E-state index contributed by atoms with van der Waals surface area (Å²) in [6, 6.07) is 0. The van der Waals surface area contributed by atoms with E-state index in [2.05, 4.69) is 25.7 Å². The second kappa shape index (κ2) is 5.51. The molecule has 0 unspecified atom stereocenters. The number of hydrogen-bond acceptors (Lipinski definition) is 3. The van der Waals surface area contributed by atoms with Crippen LogP contribution in [0.15, 0.2) is 0 Å². The highest BCUT2D eigenvalue weighted by molar-refractivity contribution is 4.76. The van der Waals surface area contributed by atoms with E-state index in [1.807, 2.05) is 0 Å². The van der Waals surface area contributed by atoms with Crippen molar-refractivity contribution < 1.29 is 9.47 Å². The van der Waals surface area contributed by atoms with Crippen molar-refractivity contribution in [1.82, 2.24) is 4.90 Å². The molecule has 0 aromatic rings. The van der Waals surface area contributed by atoms with Gasteiger partial charge in [-0.05, 0) is 20.3 Å². The van der Waals surface area contributed by atoms with Gasteiger partial charge in [0.1, 0.15) is 13.5 Å². The summed E-state index contributed by atoms with van der Waals surface area (Å²) >= 11 is 0. The van der Waals surface area contributed by atoms with Crippen molar-refractivity contribution in [2.45, 2.75) is 32.7 Å². The van der Waals surface area contributed by atoms with Crippen LogP contribution in [-0.4, -0.2) is 38.1 Å². The summed E-state index contributed by atoms with van der Waals surface area (Å²) in [5.41, 5.74) is 0.145. The molecule has 74 valence electrons. The molecule has 0 amide bonds. The molecular formula is C9H21NO2. The summed E-state index contributed by atoms with van der Waals surface area (Å²) in [5.74, 6) is 0. The van der Waals surface area contributed by atoms with Crippen LogP contribution in [0.2, 0.25) is 0 Å². The lowest BCUT2D eigenvalue weighted by Crippen LogP contribution is -2.45. The van der Waals surface area contributed by atoms with Crippen molar-refractivity contribution in [1.29, 1.82) is 0 Å². The molecule has 0 aliphatic heterocycles. The molecule has 3 heteroatoms. The molecule has 0 radical (unpaired) electrons. The number of hydrogen-bond donors (Lipinski definition) is 0. The van der Waals surface area contributed by atoms with Gasteiger partial charge in [-0.3, -0.25) is 4.90 Å². The average molecular weight is 175 g/mol. The molecule has 0 fully saturated rings. The van der Waals surface area contributed by atoms with Crippen LogP contribution in [0.4, 0.5) is 0 Å². The van der Waals surface area contributed by atoms with Crippen molar-refractivity contribution >= 4 is 0 Å². The molecule has 0 saturated heterocycles. The normalized spacial score (nSPS) is 12.5. The zero-order valence-corrected chi connectivity index (χ0v) is 8.89. The first-order chi connectivity index (χ1) is 5.58. The molecule has 12 heavy (non-hydrogen) atoms. The van der Waals surface area contributed by atoms with Crippen molar-refractivity contribution in [3.8, 4) is 0 Å². The summed E-state index contributed by atoms with van der Waals surface area (Å²) in [4.78, 5) is 2.16. The largest absolute Gasteiger partial charge is 0.369 e. The fourth-order valence-corrected chi connectivity index (χ4v) is 0.922. The van der Waals surface area contributed by atoms with Crippen LogP contribution in [-0.2, 0) is 9.47 Å². The molecule has 0 rings (SSSR count). The molecule has 0 bridgehead atoms. The fourth-order valence-electron chi connectivity index (χ4n) is 0.922. The molecule has 0 heterocycles. The highest BCUT2D eigenvalue weighted by Crippen LogP contribution is 2.17. The molecule has 0 aromatic carbocycles. The average Bonchev–Trinajstić information content (AvgIpc) is 2.04. The molecular weight excluding hydrogens is 154 g/mol. The highest BCUT2D eigenvalue weighted by Gasteiger charge is 2.23. The Balaban J connectivity index is 4.07. The van der Waals surface area contributed by atoms with Crippen molar-refractivity contribution in [3.05, 3.63) is 0 Å². The van der Waals surface area contributed by atoms with Crippen molar-refractivity contribution in [2.24, 2.45) is 0 Å². The van der Waals surface area contributed by atoms with Crippen LogP contribution in [0, 0.1) is 0 Å². The maximum absolute atomic E-state index is 5.09. The van der Waals surface area contributed by atoms with Crippen molar-refractivity contribution in [2.75, 3.05) is 27.7 Å². The lowest BCUT2D eigenvalue weighted by Gasteiger charge is -2.36. The van der Waals surface area contributed by atoms with Crippen LogP contribution >= 0.6 is 0 Å². The van der Waals surface area contributed by atoms with Gasteiger partial charge in [-0.1, -0.05) is 6.92 Å². The molecule has 0 aliphatic rings. The Hall–Kier alpha value is -0.120. The maximum Gasteiger partial charge on any atom is 0.101 e. The Morgan fingerprint density at radius 2 is 1.50 bits per heavy atom. The minimum Gasteiger partial charge on any atom is -0.369 e. The van der Waals surface area contributed by atoms with Crippen LogP contribution in [0.1, 0.15) is 27.2 Å². The first kappa shape index (κ1) is 11.9. The number of rotatable bonds is 6. The third-order valence-corrected chi connectivity index (χ3v) is 2.29. The van der Waals surface area contributed by atoms with Gasteiger partial charge < -0.3 is 9.47 Å². The van der Waals surface area contributed by atoms with E-state index in [4.69, 9.17) is 9.47 Å². The lowest BCUT2D eigenvalue weighted by molar-refractivity contribution is -0.0688. The smallest absolute Gasteiger partial charge is 0.101 e. The second-order valence-electron chi connectivity index (χ2n) is 3.54.